The highest BCUT2D eigenvalue weighted by Crippen LogP contribution is 2.36. The Kier molecular flexibility index (Phi) is 5.31. The maximum atomic E-state index is 13.5. The summed E-state index contributed by atoms with van der Waals surface area (Å²) in [6.45, 7) is 1.95. The van der Waals surface area contributed by atoms with Crippen molar-refractivity contribution in [1.82, 2.24) is 14.8 Å². The molecular formula is C23H18Cl2N4O3S. The van der Waals surface area contributed by atoms with E-state index in [1.54, 1.807) is 54.6 Å². The van der Waals surface area contributed by atoms with Crippen molar-refractivity contribution >= 4 is 39.0 Å². The van der Waals surface area contributed by atoms with E-state index in [0.717, 1.165) is 5.56 Å². The first-order chi connectivity index (χ1) is 15.8. The molecule has 0 amide bonds. The Labute approximate surface area is 200 Å². The van der Waals surface area contributed by atoms with Gasteiger partial charge in [-0.15, -0.1) is 0 Å². The summed E-state index contributed by atoms with van der Waals surface area (Å²) in [6, 6.07) is 14.9. The lowest BCUT2D eigenvalue weighted by Crippen LogP contribution is -2.34. The molecule has 0 atom stereocenters. The third-order valence-corrected chi connectivity index (χ3v) is 7.96. The number of benzene rings is 2. The second-order valence-corrected chi connectivity index (χ2v) is 10.4. The number of hydrogen-bond acceptors (Lipinski definition) is 4. The smallest absolute Gasteiger partial charge is 0.275 e. The fraction of sp³-hybridized carbons (Fsp3) is 0.130. The number of aromatic amines is 1. The number of rotatable bonds is 3. The summed E-state index contributed by atoms with van der Waals surface area (Å²) in [5, 5.41) is 3.89. The average molecular weight is 501 g/mol. The van der Waals surface area contributed by atoms with Crippen molar-refractivity contribution in [3.05, 3.63) is 92.3 Å². The highest BCUT2D eigenvalue weighted by Gasteiger charge is 2.33. The first kappa shape index (κ1) is 21.8. The van der Waals surface area contributed by atoms with Gasteiger partial charge in [-0.25, -0.2) is 22.4 Å². The van der Waals surface area contributed by atoms with Crippen molar-refractivity contribution in [3.63, 3.8) is 0 Å². The maximum Gasteiger partial charge on any atom is 0.275 e. The lowest BCUT2D eigenvalue weighted by Gasteiger charge is -2.23. The van der Waals surface area contributed by atoms with Gasteiger partial charge in [0.05, 0.1) is 21.3 Å². The zero-order valence-electron chi connectivity index (χ0n) is 17.4. The molecule has 1 N–H and O–H groups in total. The number of aryl methyl sites for hydroxylation is 1. The van der Waals surface area contributed by atoms with Crippen molar-refractivity contribution < 1.29 is 8.42 Å². The molecule has 0 saturated heterocycles. The zero-order chi connectivity index (χ0) is 23.3. The number of pyridine rings is 1. The van der Waals surface area contributed by atoms with Crippen LogP contribution in [0, 0.1) is 6.92 Å². The van der Waals surface area contributed by atoms with Gasteiger partial charge in [0.15, 0.2) is 5.82 Å². The van der Waals surface area contributed by atoms with Crippen LogP contribution in [0.15, 0.2) is 70.5 Å². The molecule has 1 aliphatic rings. The summed E-state index contributed by atoms with van der Waals surface area (Å²) < 4.78 is 29.6. The number of sulfonamides is 1. The molecule has 0 spiro atoms. The molecule has 0 aliphatic carbocycles. The summed E-state index contributed by atoms with van der Waals surface area (Å²) in [5.41, 5.74) is 2.51. The van der Waals surface area contributed by atoms with Crippen LogP contribution in [0.5, 0.6) is 0 Å². The third-order valence-electron chi connectivity index (χ3n) is 5.60. The molecule has 1 aliphatic heterocycles. The molecule has 168 valence electrons. The molecule has 0 radical (unpaired) electrons. The van der Waals surface area contributed by atoms with Gasteiger partial charge in [0, 0.05) is 28.9 Å². The normalized spacial score (nSPS) is 13.4. The molecular weight excluding hydrogens is 483 g/mol. The Balaban J connectivity index is 1.68. The molecule has 2 aromatic heterocycles. The highest BCUT2D eigenvalue weighted by molar-refractivity contribution is 7.92. The molecule has 4 aromatic rings. The van der Waals surface area contributed by atoms with Crippen LogP contribution in [0.1, 0.15) is 11.1 Å². The number of halogens is 2. The van der Waals surface area contributed by atoms with Crippen LogP contribution >= 0.6 is 23.2 Å². The van der Waals surface area contributed by atoms with Crippen LogP contribution in [0.2, 0.25) is 10.0 Å². The first-order valence-electron chi connectivity index (χ1n) is 10.1. The van der Waals surface area contributed by atoms with Crippen LogP contribution in [0.4, 0.5) is 5.82 Å². The fourth-order valence-corrected chi connectivity index (χ4v) is 5.74. The number of fused-ring (bicyclic) bond motifs is 3. The Bertz CT molecular complexity index is 1540. The number of aromatic nitrogens is 3. The van der Waals surface area contributed by atoms with Crippen LogP contribution in [0.25, 0.3) is 16.9 Å². The highest BCUT2D eigenvalue weighted by atomic mass is 35.5. The van der Waals surface area contributed by atoms with E-state index < -0.39 is 10.0 Å². The Morgan fingerprint density at radius 1 is 1.06 bits per heavy atom. The van der Waals surface area contributed by atoms with E-state index in [-0.39, 0.29) is 29.2 Å². The van der Waals surface area contributed by atoms with Crippen molar-refractivity contribution in [3.8, 4) is 16.9 Å². The van der Waals surface area contributed by atoms with E-state index >= 15 is 0 Å². The summed E-state index contributed by atoms with van der Waals surface area (Å²) in [6.07, 6.45) is 1.72. The molecule has 33 heavy (non-hydrogen) atoms. The van der Waals surface area contributed by atoms with Gasteiger partial charge in [-0.2, -0.15) is 0 Å². The van der Waals surface area contributed by atoms with E-state index in [2.05, 4.69) is 10.1 Å². The predicted molar refractivity (Wildman–Crippen MR) is 129 cm³/mol. The first-order valence-corrected chi connectivity index (χ1v) is 12.3. The quantitative estimate of drug-likeness (QED) is 0.445. The van der Waals surface area contributed by atoms with Gasteiger partial charge < -0.3 is 0 Å². The van der Waals surface area contributed by atoms with Gasteiger partial charge in [0.1, 0.15) is 0 Å². The van der Waals surface area contributed by atoms with Crippen molar-refractivity contribution in [2.45, 2.75) is 18.2 Å². The standard InChI is InChI=1S/C23H18Cl2N4O3S/c1-14-4-7-16(8-5-14)33(31,32)28-12-10-18-21(17-3-2-11-26-22(17)28)27-29(23(18)30)20-13-15(24)6-9-19(20)25/h2-9,11,13,27H,10,12H2,1H3. The molecule has 0 saturated carbocycles. The summed E-state index contributed by atoms with van der Waals surface area (Å²) in [5.74, 6) is 0.252. The molecule has 5 rings (SSSR count). The van der Waals surface area contributed by atoms with Gasteiger partial charge in [-0.1, -0.05) is 40.9 Å². The topological polar surface area (TPSA) is 88.1 Å². The third kappa shape index (κ3) is 3.64. The van der Waals surface area contributed by atoms with Gasteiger partial charge in [-0.05, 0) is 55.8 Å². The number of nitrogens with zero attached hydrogens (tertiary/aromatic N) is 3. The molecule has 0 fully saturated rings. The molecule has 2 aromatic carbocycles. The predicted octanol–water partition coefficient (Wildman–Crippen LogP) is 4.59. The Hall–Kier alpha value is -3.07. The maximum absolute atomic E-state index is 13.5. The summed E-state index contributed by atoms with van der Waals surface area (Å²) in [7, 11) is -3.89. The van der Waals surface area contributed by atoms with Crippen LogP contribution in [0.3, 0.4) is 0 Å². The van der Waals surface area contributed by atoms with Gasteiger partial charge in [0.2, 0.25) is 0 Å². The Morgan fingerprint density at radius 2 is 1.82 bits per heavy atom. The minimum absolute atomic E-state index is 0.0591. The number of anilines is 1. The SMILES string of the molecule is Cc1ccc(S(=O)(=O)N2CCc3c([nH]n(-c4cc(Cl)ccc4Cl)c3=O)-c3cccnc32)cc1. The molecule has 3 heterocycles. The largest absolute Gasteiger partial charge is 0.290 e. The monoisotopic (exact) mass is 500 g/mol. The van der Waals surface area contributed by atoms with Crippen LogP contribution < -0.4 is 9.86 Å². The van der Waals surface area contributed by atoms with E-state index in [0.29, 0.717) is 32.6 Å². The molecule has 0 unspecified atom stereocenters. The van der Waals surface area contributed by atoms with Crippen molar-refractivity contribution in [2.24, 2.45) is 0 Å². The second-order valence-electron chi connectivity index (χ2n) is 7.72. The minimum atomic E-state index is -3.89. The van der Waals surface area contributed by atoms with Crippen molar-refractivity contribution in [2.75, 3.05) is 10.8 Å². The number of H-pyrrole nitrogens is 1. The van der Waals surface area contributed by atoms with Crippen LogP contribution in [-0.4, -0.2) is 29.7 Å². The van der Waals surface area contributed by atoms with Crippen molar-refractivity contribution in [1.29, 1.82) is 0 Å². The van der Waals surface area contributed by atoms with E-state index in [4.69, 9.17) is 23.2 Å². The average Bonchev–Trinajstić information content (AvgIpc) is 3.02. The Morgan fingerprint density at radius 3 is 2.58 bits per heavy atom. The fourth-order valence-electron chi connectivity index (χ4n) is 3.94. The van der Waals surface area contributed by atoms with Crippen LogP contribution in [-0.2, 0) is 16.4 Å². The van der Waals surface area contributed by atoms with Gasteiger partial charge >= 0.3 is 0 Å². The van der Waals surface area contributed by atoms with E-state index in [1.807, 2.05) is 6.92 Å². The lowest BCUT2D eigenvalue weighted by molar-refractivity contribution is 0.590. The minimum Gasteiger partial charge on any atom is -0.290 e. The number of hydrogen-bond donors (Lipinski definition) is 1. The number of nitrogens with one attached hydrogen (secondary N) is 1. The summed E-state index contributed by atoms with van der Waals surface area (Å²) >= 11 is 12.4. The zero-order valence-corrected chi connectivity index (χ0v) is 19.7. The second kappa shape index (κ2) is 8.06. The molecule has 10 heteroatoms. The van der Waals surface area contributed by atoms with E-state index in [9.17, 15) is 13.2 Å². The molecule has 0 bridgehead atoms. The molecule has 7 nitrogen and oxygen atoms in total. The lowest BCUT2D eigenvalue weighted by atomic mass is 10.1. The van der Waals surface area contributed by atoms with Gasteiger partial charge in [-0.3, -0.25) is 9.89 Å². The van der Waals surface area contributed by atoms with E-state index in [1.165, 1.54) is 15.2 Å². The summed E-state index contributed by atoms with van der Waals surface area (Å²) in [4.78, 5) is 17.9. The van der Waals surface area contributed by atoms with Gasteiger partial charge in [0.25, 0.3) is 15.6 Å².